The van der Waals surface area contributed by atoms with E-state index in [2.05, 4.69) is 22.1 Å². The Balaban J connectivity index is 1.47. The van der Waals surface area contributed by atoms with Gasteiger partial charge in [-0.2, -0.15) is 4.98 Å². The van der Waals surface area contributed by atoms with Crippen molar-refractivity contribution in [1.29, 1.82) is 0 Å². The topological polar surface area (TPSA) is 71.7 Å². The molecule has 0 aliphatic carbocycles. The normalized spacial score (nSPS) is 15.4. The number of hydrogen-bond acceptors (Lipinski definition) is 6. The Morgan fingerprint density at radius 1 is 1.20 bits per heavy atom. The monoisotopic (exact) mass is 344 g/mol. The summed E-state index contributed by atoms with van der Waals surface area (Å²) in [4.78, 5) is 20.8. The van der Waals surface area contributed by atoms with Gasteiger partial charge in [0.25, 0.3) is 0 Å². The fourth-order valence-electron chi connectivity index (χ4n) is 2.82. The van der Waals surface area contributed by atoms with Crippen molar-refractivity contribution in [3.05, 3.63) is 30.2 Å². The molecule has 0 saturated carbocycles. The van der Waals surface area contributed by atoms with Crippen LogP contribution in [0.5, 0.6) is 5.75 Å². The SMILES string of the molecule is COc1ccc(-c2noc(CCCC(=O)N3CCN(C)CC3)n2)cc1. The molecule has 0 bridgehead atoms. The average molecular weight is 344 g/mol. The van der Waals surface area contributed by atoms with Crippen LogP contribution in [0.25, 0.3) is 11.4 Å². The predicted octanol–water partition coefficient (Wildman–Crippen LogP) is 1.84. The van der Waals surface area contributed by atoms with E-state index in [4.69, 9.17) is 9.26 Å². The van der Waals surface area contributed by atoms with Gasteiger partial charge in [0.1, 0.15) is 5.75 Å². The first-order chi connectivity index (χ1) is 12.2. The van der Waals surface area contributed by atoms with Gasteiger partial charge in [0, 0.05) is 44.6 Å². The Morgan fingerprint density at radius 3 is 2.60 bits per heavy atom. The zero-order chi connectivity index (χ0) is 17.6. The van der Waals surface area contributed by atoms with Crippen molar-refractivity contribution in [2.24, 2.45) is 0 Å². The number of aromatic nitrogens is 2. The second-order valence-electron chi connectivity index (χ2n) is 6.28. The Morgan fingerprint density at radius 2 is 1.92 bits per heavy atom. The summed E-state index contributed by atoms with van der Waals surface area (Å²) < 4.78 is 10.4. The molecule has 0 radical (unpaired) electrons. The maximum atomic E-state index is 12.2. The van der Waals surface area contributed by atoms with Crippen molar-refractivity contribution in [3.8, 4) is 17.1 Å². The van der Waals surface area contributed by atoms with Crippen LogP contribution >= 0.6 is 0 Å². The third kappa shape index (κ3) is 4.57. The highest BCUT2D eigenvalue weighted by molar-refractivity contribution is 5.76. The molecule has 3 rings (SSSR count). The molecule has 1 saturated heterocycles. The fraction of sp³-hybridized carbons (Fsp3) is 0.500. The lowest BCUT2D eigenvalue weighted by atomic mass is 10.2. The smallest absolute Gasteiger partial charge is 0.226 e. The molecule has 1 fully saturated rings. The largest absolute Gasteiger partial charge is 0.497 e. The van der Waals surface area contributed by atoms with Crippen molar-refractivity contribution in [3.63, 3.8) is 0 Å². The summed E-state index contributed by atoms with van der Waals surface area (Å²) in [5.74, 6) is 2.12. The Kier molecular flexibility index (Phi) is 5.65. The summed E-state index contributed by atoms with van der Waals surface area (Å²) in [6, 6.07) is 7.51. The molecule has 0 N–H and O–H groups in total. The van der Waals surface area contributed by atoms with Crippen LogP contribution in [0.3, 0.4) is 0 Å². The Bertz CT molecular complexity index is 691. The maximum absolute atomic E-state index is 12.2. The summed E-state index contributed by atoms with van der Waals surface area (Å²) in [5, 5.41) is 4.01. The molecule has 134 valence electrons. The Labute approximate surface area is 147 Å². The van der Waals surface area contributed by atoms with Crippen LogP contribution in [-0.4, -0.2) is 66.2 Å². The number of benzene rings is 1. The minimum Gasteiger partial charge on any atom is -0.497 e. The van der Waals surface area contributed by atoms with E-state index in [0.717, 1.165) is 43.9 Å². The molecule has 25 heavy (non-hydrogen) atoms. The quantitative estimate of drug-likeness (QED) is 0.796. The molecular weight excluding hydrogens is 320 g/mol. The van der Waals surface area contributed by atoms with E-state index in [-0.39, 0.29) is 5.91 Å². The highest BCUT2D eigenvalue weighted by Gasteiger charge is 2.18. The van der Waals surface area contributed by atoms with E-state index in [1.54, 1.807) is 7.11 Å². The van der Waals surface area contributed by atoms with Gasteiger partial charge in [-0.1, -0.05) is 5.16 Å². The summed E-state index contributed by atoms with van der Waals surface area (Å²) in [5.41, 5.74) is 0.879. The van der Waals surface area contributed by atoms with Crippen molar-refractivity contribution in [2.75, 3.05) is 40.3 Å². The highest BCUT2D eigenvalue weighted by Crippen LogP contribution is 2.20. The first kappa shape index (κ1) is 17.4. The zero-order valence-electron chi connectivity index (χ0n) is 14.8. The first-order valence-corrected chi connectivity index (χ1v) is 8.59. The van der Waals surface area contributed by atoms with E-state index in [9.17, 15) is 4.79 Å². The summed E-state index contributed by atoms with van der Waals surface area (Å²) in [6.45, 7) is 3.52. The van der Waals surface area contributed by atoms with Crippen LogP contribution in [-0.2, 0) is 11.2 Å². The van der Waals surface area contributed by atoms with E-state index in [0.29, 0.717) is 24.6 Å². The first-order valence-electron chi connectivity index (χ1n) is 8.59. The van der Waals surface area contributed by atoms with Crippen LogP contribution in [0.1, 0.15) is 18.7 Å². The van der Waals surface area contributed by atoms with Crippen molar-refractivity contribution < 1.29 is 14.1 Å². The van der Waals surface area contributed by atoms with Crippen LogP contribution in [0.15, 0.2) is 28.8 Å². The molecule has 7 heteroatoms. The summed E-state index contributed by atoms with van der Waals surface area (Å²) in [7, 11) is 3.71. The lowest BCUT2D eigenvalue weighted by molar-refractivity contribution is -0.132. The number of aryl methyl sites for hydroxylation is 1. The summed E-state index contributed by atoms with van der Waals surface area (Å²) in [6.07, 6.45) is 1.85. The molecule has 7 nitrogen and oxygen atoms in total. The molecule has 1 aromatic heterocycles. The van der Waals surface area contributed by atoms with Crippen LogP contribution in [0.2, 0.25) is 0 Å². The average Bonchev–Trinajstić information content (AvgIpc) is 3.11. The van der Waals surface area contributed by atoms with Crippen LogP contribution < -0.4 is 4.74 Å². The number of methoxy groups -OCH3 is 1. The minimum atomic E-state index is 0.211. The van der Waals surface area contributed by atoms with Crippen LogP contribution in [0.4, 0.5) is 0 Å². The summed E-state index contributed by atoms with van der Waals surface area (Å²) >= 11 is 0. The van der Waals surface area contributed by atoms with Gasteiger partial charge in [-0.15, -0.1) is 0 Å². The Hall–Kier alpha value is -2.41. The van der Waals surface area contributed by atoms with Gasteiger partial charge in [-0.25, -0.2) is 0 Å². The molecule has 1 aliphatic heterocycles. The molecule has 1 aliphatic rings. The van der Waals surface area contributed by atoms with Gasteiger partial charge < -0.3 is 19.1 Å². The molecule has 0 atom stereocenters. The zero-order valence-corrected chi connectivity index (χ0v) is 14.8. The van der Waals surface area contributed by atoms with E-state index in [1.807, 2.05) is 29.2 Å². The molecule has 2 heterocycles. The van der Waals surface area contributed by atoms with Gasteiger partial charge >= 0.3 is 0 Å². The van der Waals surface area contributed by atoms with Crippen molar-refractivity contribution in [1.82, 2.24) is 19.9 Å². The van der Waals surface area contributed by atoms with Gasteiger partial charge in [0.05, 0.1) is 7.11 Å². The molecular formula is C18H24N4O3. The van der Waals surface area contributed by atoms with Crippen LogP contribution in [0, 0.1) is 0 Å². The number of likely N-dealkylation sites (N-methyl/N-ethyl adjacent to an activating group) is 1. The van der Waals surface area contributed by atoms with Crippen molar-refractivity contribution in [2.45, 2.75) is 19.3 Å². The molecule has 2 aromatic rings. The lowest BCUT2D eigenvalue weighted by Gasteiger charge is -2.32. The fourth-order valence-corrected chi connectivity index (χ4v) is 2.82. The number of rotatable bonds is 6. The number of hydrogen-bond donors (Lipinski definition) is 0. The molecule has 1 aromatic carbocycles. The highest BCUT2D eigenvalue weighted by atomic mass is 16.5. The minimum absolute atomic E-state index is 0.211. The van der Waals surface area contributed by atoms with Crippen molar-refractivity contribution >= 4 is 5.91 Å². The molecule has 0 unspecified atom stereocenters. The number of nitrogens with zero attached hydrogens (tertiary/aromatic N) is 4. The van der Waals surface area contributed by atoms with E-state index < -0.39 is 0 Å². The second kappa shape index (κ2) is 8.11. The number of carbonyl (C=O) groups excluding carboxylic acids is 1. The number of piperazine rings is 1. The number of carbonyl (C=O) groups is 1. The van der Waals surface area contributed by atoms with Gasteiger partial charge in [0.15, 0.2) is 0 Å². The van der Waals surface area contributed by atoms with Gasteiger partial charge in [-0.3, -0.25) is 4.79 Å². The maximum Gasteiger partial charge on any atom is 0.226 e. The lowest BCUT2D eigenvalue weighted by Crippen LogP contribution is -2.47. The van der Waals surface area contributed by atoms with E-state index >= 15 is 0 Å². The van der Waals surface area contributed by atoms with E-state index in [1.165, 1.54) is 0 Å². The van der Waals surface area contributed by atoms with Gasteiger partial charge in [0.2, 0.25) is 17.6 Å². The standard InChI is InChI=1S/C18H24N4O3/c1-21-10-12-22(13-11-21)17(23)5-3-4-16-19-18(20-25-16)14-6-8-15(24-2)9-7-14/h6-9H,3-5,10-13H2,1-2H3. The third-order valence-corrected chi connectivity index (χ3v) is 4.45. The van der Waals surface area contributed by atoms with Gasteiger partial charge in [-0.05, 0) is 37.7 Å². The molecule has 1 amide bonds. The predicted molar refractivity (Wildman–Crippen MR) is 93.3 cm³/mol. The molecule has 0 spiro atoms. The number of ether oxygens (including phenoxy) is 1. The third-order valence-electron chi connectivity index (χ3n) is 4.45. The number of amides is 1. The second-order valence-corrected chi connectivity index (χ2v) is 6.28.